The van der Waals surface area contributed by atoms with Crippen LogP contribution >= 0.6 is 27.5 Å². The molecule has 0 saturated carbocycles. The van der Waals surface area contributed by atoms with Gasteiger partial charge in [-0.2, -0.15) is 0 Å². The van der Waals surface area contributed by atoms with Crippen molar-refractivity contribution in [3.05, 3.63) is 98.0 Å². The maximum absolute atomic E-state index is 13.2. The zero-order valence-corrected chi connectivity index (χ0v) is 19.8. The average molecular weight is 514 g/mol. The topological polar surface area (TPSA) is 69.6 Å². The molecule has 3 aromatic rings. The van der Waals surface area contributed by atoms with Crippen LogP contribution in [-0.2, 0) is 13.0 Å². The molecule has 0 spiro atoms. The number of carbonyl (C=O) groups excluding carboxylic acids is 1. The number of aromatic carboxylic acids is 1. The van der Waals surface area contributed by atoms with Crippen molar-refractivity contribution < 1.29 is 14.7 Å². The zero-order chi connectivity index (χ0) is 22.8. The van der Waals surface area contributed by atoms with Gasteiger partial charge in [0.2, 0.25) is 0 Å². The summed E-state index contributed by atoms with van der Waals surface area (Å²) in [7, 11) is 0. The molecule has 2 N–H and O–H groups in total. The average Bonchev–Trinajstić information content (AvgIpc) is 3.18. The van der Waals surface area contributed by atoms with E-state index in [0.29, 0.717) is 17.1 Å². The van der Waals surface area contributed by atoms with Gasteiger partial charge in [-0.1, -0.05) is 57.9 Å². The summed E-state index contributed by atoms with van der Waals surface area (Å²) in [6.07, 6.45) is 0.883. The molecule has 0 radical (unpaired) electrons. The summed E-state index contributed by atoms with van der Waals surface area (Å²) in [5.74, 6) is -1.13. The van der Waals surface area contributed by atoms with E-state index in [2.05, 4.69) is 32.2 Å². The van der Waals surface area contributed by atoms with E-state index in [-0.39, 0.29) is 17.5 Å². The molecule has 1 aliphatic rings. The number of amides is 1. The summed E-state index contributed by atoms with van der Waals surface area (Å²) >= 11 is 9.67. The number of benzene rings is 3. The van der Waals surface area contributed by atoms with Crippen LogP contribution in [0.1, 0.15) is 50.4 Å². The molecule has 0 fully saturated rings. The first kappa shape index (κ1) is 22.4. The van der Waals surface area contributed by atoms with Gasteiger partial charge < -0.3 is 15.3 Å². The van der Waals surface area contributed by atoms with Crippen LogP contribution in [0.2, 0.25) is 5.02 Å². The molecule has 1 amide bonds. The molecule has 0 aliphatic carbocycles. The van der Waals surface area contributed by atoms with Crippen LogP contribution in [0.15, 0.2) is 65.1 Å². The summed E-state index contributed by atoms with van der Waals surface area (Å²) in [5.41, 5.74) is 4.92. The summed E-state index contributed by atoms with van der Waals surface area (Å²) in [5, 5.41) is 12.8. The van der Waals surface area contributed by atoms with Crippen molar-refractivity contribution in [1.29, 1.82) is 0 Å². The molecule has 1 aliphatic heterocycles. The highest BCUT2D eigenvalue weighted by Crippen LogP contribution is 2.35. The molecular formula is C25H22BrClN2O3. The second kappa shape index (κ2) is 9.35. The van der Waals surface area contributed by atoms with Gasteiger partial charge in [-0.05, 0) is 60.4 Å². The van der Waals surface area contributed by atoms with Crippen molar-refractivity contribution in [2.24, 2.45) is 0 Å². The molecule has 5 nitrogen and oxygen atoms in total. The number of hydrogen-bond acceptors (Lipinski definition) is 3. The van der Waals surface area contributed by atoms with Crippen LogP contribution in [0.3, 0.4) is 0 Å². The van der Waals surface area contributed by atoms with E-state index in [9.17, 15) is 9.59 Å². The number of fused-ring (bicyclic) bond motifs is 1. The zero-order valence-electron chi connectivity index (χ0n) is 17.4. The smallest absolute Gasteiger partial charge is 0.335 e. The predicted molar refractivity (Wildman–Crippen MR) is 130 cm³/mol. The number of nitrogens with one attached hydrogen (secondary N) is 1. The van der Waals surface area contributed by atoms with Crippen LogP contribution in [0.5, 0.6) is 0 Å². The second-order valence-electron chi connectivity index (χ2n) is 7.84. The Labute approximate surface area is 200 Å². The van der Waals surface area contributed by atoms with E-state index in [1.165, 1.54) is 0 Å². The van der Waals surface area contributed by atoms with Gasteiger partial charge in [0.05, 0.1) is 22.9 Å². The Kier molecular flexibility index (Phi) is 6.53. The first-order valence-electron chi connectivity index (χ1n) is 10.3. The molecule has 1 atom stereocenters. The third-order valence-electron chi connectivity index (χ3n) is 5.71. The first-order valence-corrected chi connectivity index (χ1v) is 11.5. The number of para-hydroxylation sites is 1. The number of carboxylic acids is 1. The van der Waals surface area contributed by atoms with Crippen molar-refractivity contribution in [3.63, 3.8) is 0 Å². The summed E-state index contributed by atoms with van der Waals surface area (Å²) < 4.78 is 0.943. The maximum Gasteiger partial charge on any atom is 0.335 e. The molecule has 0 unspecified atom stereocenters. The third kappa shape index (κ3) is 4.66. The van der Waals surface area contributed by atoms with E-state index in [1.807, 2.05) is 37.3 Å². The van der Waals surface area contributed by atoms with Crippen LogP contribution in [0.4, 0.5) is 5.69 Å². The van der Waals surface area contributed by atoms with E-state index < -0.39 is 5.97 Å². The Morgan fingerprint density at radius 3 is 2.59 bits per heavy atom. The minimum atomic E-state index is -0.972. The monoisotopic (exact) mass is 512 g/mol. The molecule has 7 heteroatoms. The minimum Gasteiger partial charge on any atom is -0.478 e. The van der Waals surface area contributed by atoms with E-state index in [4.69, 9.17) is 16.7 Å². The van der Waals surface area contributed by atoms with Gasteiger partial charge in [0, 0.05) is 22.6 Å². The predicted octanol–water partition coefficient (Wildman–Crippen LogP) is 5.85. The number of rotatable bonds is 6. The summed E-state index contributed by atoms with van der Waals surface area (Å²) in [4.78, 5) is 26.5. The highest BCUT2D eigenvalue weighted by atomic mass is 79.9. The second-order valence-corrected chi connectivity index (χ2v) is 9.13. The normalized spacial score (nSPS) is 13.5. The van der Waals surface area contributed by atoms with Crippen molar-refractivity contribution in [2.75, 3.05) is 11.4 Å². The molecular weight excluding hydrogens is 492 g/mol. The van der Waals surface area contributed by atoms with Crippen molar-refractivity contribution in [3.8, 4) is 0 Å². The first-order chi connectivity index (χ1) is 15.3. The third-order valence-corrected chi connectivity index (χ3v) is 6.69. The number of carboxylic acid groups (broad SMARTS) is 1. The Balaban J connectivity index is 1.55. The van der Waals surface area contributed by atoms with Crippen molar-refractivity contribution in [1.82, 2.24) is 5.32 Å². The van der Waals surface area contributed by atoms with Gasteiger partial charge in [-0.25, -0.2) is 4.79 Å². The Hall–Kier alpha value is -2.83. The molecule has 0 saturated heterocycles. The fraction of sp³-hybridized carbons (Fsp3) is 0.200. The van der Waals surface area contributed by atoms with E-state index in [0.717, 1.165) is 39.8 Å². The minimum absolute atomic E-state index is 0.154. The number of anilines is 1. The van der Waals surface area contributed by atoms with Gasteiger partial charge >= 0.3 is 5.97 Å². The Morgan fingerprint density at radius 2 is 1.91 bits per heavy atom. The van der Waals surface area contributed by atoms with Crippen molar-refractivity contribution in [2.45, 2.75) is 25.9 Å². The fourth-order valence-electron chi connectivity index (χ4n) is 4.00. The van der Waals surface area contributed by atoms with Gasteiger partial charge in [0.1, 0.15) is 0 Å². The highest BCUT2D eigenvalue weighted by molar-refractivity contribution is 9.10. The lowest BCUT2D eigenvalue weighted by atomic mass is 10.0. The highest BCUT2D eigenvalue weighted by Gasteiger charge is 2.26. The Bertz CT molecular complexity index is 1180. The van der Waals surface area contributed by atoms with E-state index in [1.54, 1.807) is 24.3 Å². The lowest BCUT2D eigenvalue weighted by Crippen LogP contribution is -2.29. The largest absolute Gasteiger partial charge is 0.478 e. The molecule has 4 rings (SSSR count). The lowest BCUT2D eigenvalue weighted by molar-refractivity contribution is 0.0696. The standard InChI is InChI=1S/C25H22BrClN2O3/c1-15(16-5-7-18(8-6-16)25(31)32)28-24(30)21-4-2-3-17-11-12-29(23(17)21)14-19-9-10-20(27)13-22(19)26/h2-10,13,15H,11-12,14H2,1H3,(H,28,30)(H,31,32)/t15-/m0/s1. The van der Waals surface area contributed by atoms with Crippen molar-refractivity contribution >= 4 is 45.1 Å². The molecule has 1 heterocycles. The SMILES string of the molecule is C[C@H](NC(=O)c1cccc2c1N(Cc1ccc(Cl)cc1Br)CC2)c1ccc(C(=O)O)cc1. The molecule has 3 aromatic carbocycles. The molecule has 0 aromatic heterocycles. The number of hydrogen-bond donors (Lipinski definition) is 2. The number of nitrogens with zero attached hydrogens (tertiary/aromatic N) is 1. The van der Waals surface area contributed by atoms with Crippen LogP contribution in [0.25, 0.3) is 0 Å². The lowest BCUT2D eigenvalue weighted by Gasteiger charge is -2.23. The molecule has 32 heavy (non-hydrogen) atoms. The summed E-state index contributed by atoms with van der Waals surface area (Å²) in [6, 6.07) is 17.9. The fourth-order valence-corrected chi connectivity index (χ4v) is 4.81. The number of carbonyl (C=O) groups is 2. The van der Waals surface area contributed by atoms with Gasteiger partial charge in [0.25, 0.3) is 5.91 Å². The van der Waals surface area contributed by atoms with Crippen LogP contribution in [0, 0.1) is 0 Å². The molecule has 164 valence electrons. The quantitative estimate of drug-likeness (QED) is 0.433. The number of halogens is 2. The van der Waals surface area contributed by atoms with Gasteiger partial charge in [0.15, 0.2) is 0 Å². The van der Waals surface area contributed by atoms with Crippen LogP contribution in [-0.4, -0.2) is 23.5 Å². The molecule has 0 bridgehead atoms. The summed E-state index contributed by atoms with van der Waals surface area (Å²) in [6.45, 7) is 3.39. The van der Waals surface area contributed by atoms with Gasteiger partial charge in [-0.15, -0.1) is 0 Å². The van der Waals surface area contributed by atoms with Crippen LogP contribution < -0.4 is 10.2 Å². The van der Waals surface area contributed by atoms with E-state index >= 15 is 0 Å². The van der Waals surface area contributed by atoms with Gasteiger partial charge in [-0.3, -0.25) is 4.79 Å². The Morgan fingerprint density at radius 1 is 1.16 bits per heavy atom. The maximum atomic E-state index is 13.2.